The summed E-state index contributed by atoms with van der Waals surface area (Å²) in [6.07, 6.45) is 0.933. The molecule has 0 saturated heterocycles. The van der Waals surface area contributed by atoms with Crippen molar-refractivity contribution in [3.05, 3.63) is 64.7 Å². The minimum atomic E-state index is -0.656. The molecule has 22 heavy (non-hydrogen) atoms. The monoisotopic (exact) mass is 316 g/mol. The fourth-order valence-corrected chi connectivity index (χ4v) is 1.81. The predicted molar refractivity (Wildman–Crippen MR) is 88.5 cm³/mol. The molecular formula is C17H17ClN2O2. The van der Waals surface area contributed by atoms with Crippen LogP contribution in [0.3, 0.4) is 0 Å². The molecule has 0 spiro atoms. The minimum Gasteiger partial charge on any atom is -0.481 e. The van der Waals surface area contributed by atoms with E-state index in [1.54, 1.807) is 37.4 Å². The topological polar surface area (TPSA) is 50.7 Å². The van der Waals surface area contributed by atoms with E-state index < -0.39 is 6.10 Å². The van der Waals surface area contributed by atoms with Gasteiger partial charge in [0.2, 0.25) is 0 Å². The highest BCUT2D eigenvalue weighted by atomic mass is 35.5. The Kier molecular flexibility index (Phi) is 5.55. The van der Waals surface area contributed by atoms with Gasteiger partial charge in [-0.1, -0.05) is 41.4 Å². The lowest BCUT2D eigenvalue weighted by atomic mass is 10.2. The number of hydrazone groups is 1. The molecule has 4 nitrogen and oxygen atoms in total. The summed E-state index contributed by atoms with van der Waals surface area (Å²) in [4.78, 5) is 11.9. The highest BCUT2D eigenvalue weighted by molar-refractivity contribution is 6.30. The number of aryl methyl sites for hydroxylation is 1. The normalized spacial score (nSPS) is 12.1. The number of ether oxygens (including phenoxy) is 1. The van der Waals surface area contributed by atoms with Crippen LogP contribution in [0.5, 0.6) is 5.75 Å². The van der Waals surface area contributed by atoms with Gasteiger partial charge in [0.05, 0.1) is 6.21 Å². The van der Waals surface area contributed by atoms with Crippen LogP contribution in [0.4, 0.5) is 0 Å². The lowest BCUT2D eigenvalue weighted by molar-refractivity contribution is -0.127. The molecule has 0 aliphatic heterocycles. The molecule has 0 fully saturated rings. The summed E-state index contributed by atoms with van der Waals surface area (Å²) in [6.45, 7) is 3.67. The molecule has 0 aromatic heterocycles. The van der Waals surface area contributed by atoms with Gasteiger partial charge >= 0.3 is 0 Å². The molecule has 0 radical (unpaired) electrons. The van der Waals surface area contributed by atoms with Gasteiger partial charge < -0.3 is 4.74 Å². The second-order valence-electron chi connectivity index (χ2n) is 4.86. The van der Waals surface area contributed by atoms with Gasteiger partial charge in [-0.25, -0.2) is 5.43 Å². The van der Waals surface area contributed by atoms with Crippen LogP contribution >= 0.6 is 11.6 Å². The molecule has 0 aliphatic rings. The van der Waals surface area contributed by atoms with Gasteiger partial charge in [-0.3, -0.25) is 4.79 Å². The second-order valence-corrected chi connectivity index (χ2v) is 5.30. The lowest BCUT2D eigenvalue weighted by Crippen LogP contribution is -2.33. The summed E-state index contributed by atoms with van der Waals surface area (Å²) in [5.74, 6) is 0.257. The molecule has 2 rings (SSSR count). The van der Waals surface area contributed by atoms with E-state index in [0.717, 1.165) is 5.56 Å². The van der Waals surface area contributed by atoms with E-state index >= 15 is 0 Å². The number of nitrogens with one attached hydrogen (secondary N) is 1. The standard InChI is InChI=1S/C17H17ClN2O2/c1-12-3-5-14(6-4-12)11-19-20-17(21)13(2)22-16-9-7-15(18)8-10-16/h3-11,13H,1-2H3,(H,20,21)/b19-11+. The van der Waals surface area contributed by atoms with Crippen LogP contribution < -0.4 is 10.2 Å². The Morgan fingerprint density at radius 3 is 2.45 bits per heavy atom. The SMILES string of the molecule is Cc1ccc(/C=N/NC(=O)C(C)Oc2ccc(Cl)cc2)cc1. The average molecular weight is 317 g/mol. The van der Waals surface area contributed by atoms with Gasteiger partial charge in [-0.05, 0) is 43.7 Å². The summed E-state index contributed by atoms with van der Waals surface area (Å²) < 4.78 is 5.51. The van der Waals surface area contributed by atoms with E-state index in [1.807, 2.05) is 31.2 Å². The third-order valence-corrected chi connectivity index (χ3v) is 3.21. The maximum atomic E-state index is 11.9. The molecule has 0 bridgehead atoms. The molecule has 2 aromatic rings. The summed E-state index contributed by atoms with van der Waals surface area (Å²) in [5.41, 5.74) is 4.54. The summed E-state index contributed by atoms with van der Waals surface area (Å²) in [6, 6.07) is 14.7. The highest BCUT2D eigenvalue weighted by Crippen LogP contribution is 2.16. The van der Waals surface area contributed by atoms with E-state index in [4.69, 9.17) is 16.3 Å². The molecule has 0 saturated carbocycles. The molecule has 1 atom stereocenters. The Labute approximate surface area is 134 Å². The molecule has 0 aliphatic carbocycles. The van der Waals surface area contributed by atoms with Crippen molar-refractivity contribution in [2.75, 3.05) is 0 Å². The van der Waals surface area contributed by atoms with Crippen LogP contribution in [-0.2, 0) is 4.79 Å². The first-order valence-electron chi connectivity index (χ1n) is 6.86. The molecule has 1 unspecified atom stereocenters. The Balaban J connectivity index is 1.85. The quantitative estimate of drug-likeness (QED) is 0.677. The number of halogens is 1. The van der Waals surface area contributed by atoms with E-state index in [0.29, 0.717) is 10.8 Å². The fourth-order valence-electron chi connectivity index (χ4n) is 1.68. The average Bonchev–Trinajstić information content (AvgIpc) is 2.51. The summed E-state index contributed by atoms with van der Waals surface area (Å²) in [5, 5.41) is 4.54. The molecular weight excluding hydrogens is 300 g/mol. The minimum absolute atomic E-state index is 0.321. The van der Waals surface area contributed by atoms with Crippen LogP contribution in [0.2, 0.25) is 5.02 Å². The van der Waals surface area contributed by atoms with Crippen molar-refractivity contribution in [3.63, 3.8) is 0 Å². The zero-order valence-corrected chi connectivity index (χ0v) is 13.2. The largest absolute Gasteiger partial charge is 0.481 e. The Morgan fingerprint density at radius 2 is 1.82 bits per heavy atom. The highest BCUT2D eigenvalue weighted by Gasteiger charge is 2.13. The van der Waals surface area contributed by atoms with E-state index in [-0.39, 0.29) is 5.91 Å². The number of benzene rings is 2. The fraction of sp³-hybridized carbons (Fsp3) is 0.176. The Hall–Kier alpha value is -2.33. The maximum Gasteiger partial charge on any atom is 0.280 e. The summed E-state index contributed by atoms with van der Waals surface area (Å²) in [7, 11) is 0. The molecule has 114 valence electrons. The van der Waals surface area contributed by atoms with Crippen LogP contribution in [0.15, 0.2) is 53.6 Å². The first kappa shape index (κ1) is 16.0. The lowest BCUT2D eigenvalue weighted by Gasteiger charge is -2.12. The van der Waals surface area contributed by atoms with Crippen LogP contribution in [-0.4, -0.2) is 18.2 Å². The summed E-state index contributed by atoms with van der Waals surface area (Å²) >= 11 is 5.79. The van der Waals surface area contributed by atoms with Crippen LogP contribution in [0.1, 0.15) is 18.1 Å². The Morgan fingerprint density at radius 1 is 1.18 bits per heavy atom. The molecule has 1 amide bonds. The molecule has 1 N–H and O–H groups in total. The number of rotatable bonds is 5. The van der Waals surface area contributed by atoms with Gasteiger partial charge in [0.15, 0.2) is 6.10 Å². The zero-order chi connectivity index (χ0) is 15.9. The number of carbonyl (C=O) groups is 1. The van der Waals surface area contributed by atoms with Gasteiger partial charge in [-0.15, -0.1) is 0 Å². The number of amides is 1. The van der Waals surface area contributed by atoms with Crippen LogP contribution in [0, 0.1) is 6.92 Å². The van der Waals surface area contributed by atoms with Crippen molar-refractivity contribution < 1.29 is 9.53 Å². The molecule has 2 aromatic carbocycles. The van der Waals surface area contributed by atoms with Crippen molar-refractivity contribution in [1.29, 1.82) is 0 Å². The van der Waals surface area contributed by atoms with Crippen molar-refractivity contribution in [2.24, 2.45) is 5.10 Å². The smallest absolute Gasteiger partial charge is 0.280 e. The van der Waals surface area contributed by atoms with Gasteiger partial charge in [0.25, 0.3) is 5.91 Å². The van der Waals surface area contributed by atoms with Crippen molar-refractivity contribution >= 4 is 23.7 Å². The van der Waals surface area contributed by atoms with E-state index in [1.165, 1.54) is 5.56 Å². The third-order valence-electron chi connectivity index (χ3n) is 2.96. The Bertz CT molecular complexity index is 651. The second kappa shape index (κ2) is 7.61. The van der Waals surface area contributed by atoms with Gasteiger partial charge in [0, 0.05) is 5.02 Å². The first-order chi connectivity index (χ1) is 10.5. The van der Waals surface area contributed by atoms with Crippen molar-refractivity contribution in [1.82, 2.24) is 5.43 Å². The number of carbonyl (C=O) groups excluding carboxylic acids is 1. The van der Waals surface area contributed by atoms with Gasteiger partial charge in [0.1, 0.15) is 5.75 Å². The van der Waals surface area contributed by atoms with E-state index in [2.05, 4.69) is 10.5 Å². The van der Waals surface area contributed by atoms with Crippen molar-refractivity contribution in [3.8, 4) is 5.75 Å². The number of hydrogen-bond acceptors (Lipinski definition) is 3. The van der Waals surface area contributed by atoms with E-state index in [9.17, 15) is 4.79 Å². The van der Waals surface area contributed by atoms with Crippen molar-refractivity contribution in [2.45, 2.75) is 20.0 Å². The number of nitrogens with zero attached hydrogens (tertiary/aromatic N) is 1. The van der Waals surface area contributed by atoms with Crippen LogP contribution in [0.25, 0.3) is 0 Å². The first-order valence-corrected chi connectivity index (χ1v) is 7.24. The molecule has 5 heteroatoms. The zero-order valence-electron chi connectivity index (χ0n) is 12.4. The predicted octanol–water partition coefficient (Wildman–Crippen LogP) is 3.57. The molecule has 0 heterocycles. The third kappa shape index (κ3) is 4.90. The maximum absolute atomic E-state index is 11.9. The van der Waals surface area contributed by atoms with Gasteiger partial charge in [-0.2, -0.15) is 5.10 Å². The number of hydrogen-bond donors (Lipinski definition) is 1.